The third kappa shape index (κ3) is 4.98. The molecule has 164 valence electrons. The van der Waals surface area contributed by atoms with Gasteiger partial charge in [-0.2, -0.15) is 0 Å². The normalized spacial score (nSPS) is 29.0. The molecular formula is C25H41NO3. The highest BCUT2D eigenvalue weighted by atomic mass is 16.5. The minimum atomic E-state index is -0.606. The van der Waals surface area contributed by atoms with E-state index in [1.807, 2.05) is 0 Å². The zero-order valence-electron chi connectivity index (χ0n) is 18.9. The summed E-state index contributed by atoms with van der Waals surface area (Å²) in [6.45, 7) is 9.34. The van der Waals surface area contributed by atoms with E-state index in [1.165, 1.54) is 30.5 Å². The predicted molar refractivity (Wildman–Crippen MR) is 119 cm³/mol. The summed E-state index contributed by atoms with van der Waals surface area (Å²) >= 11 is 0. The van der Waals surface area contributed by atoms with Gasteiger partial charge in [0.1, 0.15) is 5.75 Å². The number of aliphatic hydroxyl groups excluding tert-OH is 2. The highest BCUT2D eigenvalue weighted by Crippen LogP contribution is 2.49. The summed E-state index contributed by atoms with van der Waals surface area (Å²) in [5.74, 6) is 2.38. The van der Waals surface area contributed by atoms with Crippen LogP contribution in [0.2, 0.25) is 0 Å². The second-order valence-electron chi connectivity index (χ2n) is 9.48. The number of aliphatic hydroxyl groups is 2. The van der Waals surface area contributed by atoms with Crippen LogP contribution in [-0.2, 0) is 11.8 Å². The van der Waals surface area contributed by atoms with Crippen molar-refractivity contribution in [3.63, 3.8) is 0 Å². The number of hydrogen-bond donors (Lipinski definition) is 2. The molecule has 1 saturated carbocycles. The molecule has 0 radical (unpaired) electrons. The fraction of sp³-hybridized carbons (Fsp3) is 0.760. The van der Waals surface area contributed by atoms with Gasteiger partial charge >= 0.3 is 0 Å². The lowest BCUT2D eigenvalue weighted by atomic mass is 9.60. The molecule has 0 spiro atoms. The summed E-state index contributed by atoms with van der Waals surface area (Å²) in [5, 5.41) is 19.2. The van der Waals surface area contributed by atoms with Crippen LogP contribution in [0.5, 0.6) is 5.75 Å². The van der Waals surface area contributed by atoms with E-state index >= 15 is 0 Å². The van der Waals surface area contributed by atoms with Crippen LogP contribution in [0.4, 0.5) is 0 Å². The van der Waals surface area contributed by atoms with E-state index in [4.69, 9.17) is 4.74 Å². The van der Waals surface area contributed by atoms with Crippen molar-refractivity contribution in [2.45, 2.75) is 83.3 Å². The van der Waals surface area contributed by atoms with Crippen molar-refractivity contribution in [3.05, 3.63) is 29.3 Å². The number of rotatable bonds is 10. The summed E-state index contributed by atoms with van der Waals surface area (Å²) in [7, 11) is 1.75. The van der Waals surface area contributed by atoms with Crippen molar-refractivity contribution in [2.24, 2.45) is 11.8 Å². The van der Waals surface area contributed by atoms with E-state index in [-0.39, 0.29) is 12.0 Å². The minimum absolute atomic E-state index is 0.0918. The first kappa shape index (κ1) is 22.6. The zero-order chi connectivity index (χ0) is 21.0. The van der Waals surface area contributed by atoms with Crippen molar-refractivity contribution < 1.29 is 14.9 Å². The molecule has 4 nitrogen and oxygen atoms in total. The number of nitrogens with zero attached hydrogens (tertiary/aromatic N) is 1. The van der Waals surface area contributed by atoms with Crippen molar-refractivity contribution in [1.82, 2.24) is 4.90 Å². The van der Waals surface area contributed by atoms with Gasteiger partial charge in [-0.05, 0) is 93.5 Å². The maximum Gasteiger partial charge on any atom is 0.119 e. The topological polar surface area (TPSA) is 52.9 Å². The van der Waals surface area contributed by atoms with Crippen molar-refractivity contribution in [3.8, 4) is 5.75 Å². The Morgan fingerprint density at radius 1 is 1.28 bits per heavy atom. The Hall–Kier alpha value is -1.10. The smallest absolute Gasteiger partial charge is 0.119 e. The van der Waals surface area contributed by atoms with E-state index in [9.17, 15) is 10.2 Å². The molecule has 4 atom stereocenters. The van der Waals surface area contributed by atoms with Gasteiger partial charge < -0.3 is 19.8 Å². The van der Waals surface area contributed by atoms with Gasteiger partial charge in [0, 0.05) is 18.0 Å². The monoisotopic (exact) mass is 403 g/mol. The average molecular weight is 404 g/mol. The van der Waals surface area contributed by atoms with E-state index in [1.54, 1.807) is 7.11 Å². The van der Waals surface area contributed by atoms with Gasteiger partial charge in [0.25, 0.3) is 0 Å². The van der Waals surface area contributed by atoms with Crippen LogP contribution in [0.1, 0.15) is 70.4 Å². The third-order valence-electron chi connectivity index (χ3n) is 7.81. The Morgan fingerprint density at radius 3 is 2.66 bits per heavy atom. The standard InChI is InChI=1S/C25H41NO3/c1-5-21-10-11-23(29-4)15-24(21)25(12-6-7-22(28)17-27)13-14-26(16-20-8-9-20)19(3)18(25)2/h10-11,15,18-20,22,27-28H,5-9,12-14,16-17H2,1-4H3/t18-,19?,22+,25-/m0/s1. The van der Waals surface area contributed by atoms with Crippen molar-refractivity contribution in [1.29, 1.82) is 0 Å². The van der Waals surface area contributed by atoms with E-state index in [2.05, 4.69) is 43.9 Å². The molecule has 1 aliphatic heterocycles. The molecule has 3 rings (SSSR count). The molecule has 2 aliphatic rings. The number of ether oxygens (including phenoxy) is 1. The second kappa shape index (κ2) is 9.80. The third-order valence-corrected chi connectivity index (χ3v) is 7.81. The largest absolute Gasteiger partial charge is 0.497 e. The highest BCUT2D eigenvalue weighted by molar-refractivity contribution is 5.42. The molecule has 1 aromatic carbocycles. The Bertz CT molecular complexity index is 659. The number of methoxy groups -OCH3 is 1. The van der Waals surface area contributed by atoms with Crippen molar-refractivity contribution >= 4 is 0 Å². The fourth-order valence-electron chi connectivity index (χ4n) is 5.51. The first-order chi connectivity index (χ1) is 13.9. The minimum Gasteiger partial charge on any atom is -0.497 e. The summed E-state index contributed by atoms with van der Waals surface area (Å²) in [4.78, 5) is 2.72. The first-order valence-corrected chi connectivity index (χ1v) is 11.7. The van der Waals surface area contributed by atoms with Gasteiger partial charge in [-0.15, -0.1) is 0 Å². The van der Waals surface area contributed by atoms with Gasteiger partial charge in [-0.3, -0.25) is 0 Å². The number of hydrogen-bond acceptors (Lipinski definition) is 4. The quantitative estimate of drug-likeness (QED) is 0.616. The lowest BCUT2D eigenvalue weighted by molar-refractivity contribution is 0.0303. The molecule has 1 aromatic rings. The average Bonchev–Trinajstić information content (AvgIpc) is 3.56. The molecule has 1 heterocycles. The maximum absolute atomic E-state index is 9.91. The highest BCUT2D eigenvalue weighted by Gasteiger charge is 2.46. The molecule has 1 saturated heterocycles. The lowest BCUT2D eigenvalue weighted by Gasteiger charge is -2.52. The Morgan fingerprint density at radius 2 is 2.03 bits per heavy atom. The fourth-order valence-corrected chi connectivity index (χ4v) is 5.51. The summed E-state index contributed by atoms with van der Waals surface area (Å²) in [6.07, 6.45) is 7.01. The molecule has 29 heavy (non-hydrogen) atoms. The van der Waals surface area contributed by atoms with Crippen LogP contribution < -0.4 is 4.74 Å². The predicted octanol–water partition coefficient (Wildman–Crippen LogP) is 4.16. The lowest BCUT2D eigenvalue weighted by Crippen LogP contribution is -2.54. The van der Waals surface area contributed by atoms with Gasteiger partial charge in [0.2, 0.25) is 0 Å². The molecule has 2 N–H and O–H groups in total. The molecule has 0 bridgehead atoms. The Kier molecular flexibility index (Phi) is 7.63. The zero-order valence-corrected chi connectivity index (χ0v) is 18.9. The number of benzene rings is 1. The van der Waals surface area contributed by atoms with E-state index in [0.717, 1.165) is 43.9 Å². The molecule has 1 aliphatic carbocycles. The molecule has 4 heteroatoms. The van der Waals surface area contributed by atoms with Crippen LogP contribution >= 0.6 is 0 Å². The van der Waals surface area contributed by atoms with E-state index < -0.39 is 6.10 Å². The Balaban J connectivity index is 1.92. The van der Waals surface area contributed by atoms with Crippen molar-refractivity contribution in [2.75, 3.05) is 26.8 Å². The SMILES string of the molecule is CCc1ccc(OC)cc1[C@@]1(CCC[C@@H](O)CO)CCN(CC2CC2)C(C)[C@@H]1C. The number of likely N-dealkylation sites (tertiary alicyclic amines) is 1. The van der Waals surface area contributed by atoms with Crippen LogP contribution in [0.15, 0.2) is 18.2 Å². The second-order valence-corrected chi connectivity index (χ2v) is 9.48. The Labute approximate surface area is 177 Å². The van der Waals surface area contributed by atoms with Gasteiger partial charge in [0.15, 0.2) is 0 Å². The number of aryl methyl sites for hydroxylation is 1. The van der Waals surface area contributed by atoms with Crippen LogP contribution in [0, 0.1) is 11.8 Å². The van der Waals surface area contributed by atoms with Crippen LogP contribution in [0.3, 0.4) is 0 Å². The number of piperidine rings is 1. The summed E-state index contributed by atoms with van der Waals surface area (Å²) in [6, 6.07) is 7.15. The molecule has 2 fully saturated rings. The maximum atomic E-state index is 9.91. The van der Waals surface area contributed by atoms with Gasteiger partial charge in [-0.1, -0.05) is 19.9 Å². The summed E-state index contributed by atoms with van der Waals surface area (Å²) < 4.78 is 5.61. The van der Waals surface area contributed by atoms with Gasteiger partial charge in [0.05, 0.1) is 19.8 Å². The summed E-state index contributed by atoms with van der Waals surface area (Å²) in [5.41, 5.74) is 2.96. The van der Waals surface area contributed by atoms with Gasteiger partial charge in [-0.25, -0.2) is 0 Å². The molecule has 0 aromatic heterocycles. The van der Waals surface area contributed by atoms with Crippen LogP contribution in [0.25, 0.3) is 0 Å². The molecule has 0 amide bonds. The van der Waals surface area contributed by atoms with E-state index in [0.29, 0.717) is 18.4 Å². The molecule has 1 unspecified atom stereocenters. The molecular weight excluding hydrogens is 362 g/mol. The first-order valence-electron chi connectivity index (χ1n) is 11.7. The van der Waals surface area contributed by atoms with Crippen LogP contribution in [-0.4, -0.2) is 54.1 Å².